The summed E-state index contributed by atoms with van der Waals surface area (Å²) in [4.78, 5) is 15.0. The van der Waals surface area contributed by atoms with E-state index in [1.54, 1.807) is 31.2 Å². The summed E-state index contributed by atoms with van der Waals surface area (Å²) in [7, 11) is 0. The molecule has 0 N–H and O–H groups in total. The van der Waals surface area contributed by atoms with Crippen LogP contribution in [0.4, 0.5) is 13.2 Å². The normalized spacial score (nSPS) is 12.8. The number of halogens is 4. The van der Waals surface area contributed by atoms with Crippen molar-refractivity contribution in [2.75, 3.05) is 0 Å². The summed E-state index contributed by atoms with van der Waals surface area (Å²) in [6.07, 6.45) is -3.95. The Morgan fingerprint density at radius 2 is 1.92 bits per heavy atom. The first-order valence-electron chi connectivity index (χ1n) is 7.14. The van der Waals surface area contributed by atoms with Crippen molar-refractivity contribution in [2.45, 2.75) is 32.5 Å². The summed E-state index contributed by atoms with van der Waals surface area (Å²) in [5, 5.41) is -0.0321. The van der Waals surface area contributed by atoms with Crippen molar-refractivity contribution < 1.29 is 22.7 Å². The van der Waals surface area contributed by atoms with Crippen LogP contribution in [-0.4, -0.2) is 16.9 Å². The minimum atomic E-state index is -4.47. The lowest BCUT2D eigenvalue weighted by Gasteiger charge is -2.12. The molecule has 7 heteroatoms. The number of pyridine rings is 1. The second-order valence-electron chi connectivity index (χ2n) is 5.34. The van der Waals surface area contributed by atoms with E-state index < -0.39 is 17.8 Å². The molecule has 0 aliphatic rings. The maximum absolute atomic E-state index is 12.6. The van der Waals surface area contributed by atoms with E-state index in [1.165, 1.54) is 6.92 Å². The molecule has 0 aliphatic carbocycles. The largest absolute Gasteiger partial charge is 0.483 e. The molecule has 1 aromatic carbocycles. The predicted octanol–water partition coefficient (Wildman–Crippen LogP) is 4.70. The Kier molecular flexibility index (Phi) is 5.49. The number of benzene rings is 1. The first kappa shape index (κ1) is 18.3. The number of rotatable bonds is 5. The minimum Gasteiger partial charge on any atom is -0.483 e. The van der Waals surface area contributed by atoms with Gasteiger partial charge in [-0.2, -0.15) is 13.2 Å². The maximum atomic E-state index is 12.6. The van der Waals surface area contributed by atoms with Gasteiger partial charge < -0.3 is 4.74 Å². The summed E-state index contributed by atoms with van der Waals surface area (Å²) < 4.78 is 43.2. The highest BCUT2D eigenvalue weighted by atomic mass is 35.5. The second-order valence-corrected chi connectivity index (χ2v) is 5.75. The van der Waals surface area contributed by atoms with Crippen LogP contribution in [0.15, 0.2) is 36.5 Å². The molecular weight excluding hydrogens is 343 g/mol. The van der Waals surface area contributed by atoms with Gasteiger partial charge in [-0.15, -0.1) is 0 Å². The Hall–Kier alpha value is -2.08. The third-order valence-corrected chi connectivity index (χ3v) is 3.75. The van der Waals surface area contributed by atoms with E-state index in [-0.39, 0.29) is 10.8 Å². The van der Waals surface area contributed by atoms with Crippen molar-refractivity contribution in [2.24, 2.45) is 0 Å². The molecule has 2 aromatic rings. The number of hydrogen-bond donors (Lipinski definition) is 0. The third kappa shape index (κ3) is 4.71. The molecule has 0 unspecified atom stereocenters. The first-order valence-corrected chi connectivity index (χ1v) is 7.52. The smallest absolute Gasteiger partial charge is 0.417 e. The first-order chi connectivity index (χ1) is 11.2. The van der Waals surface area contributed by atoms with Gasteiger partial charge in [0.1, 0.15) is 5.75 Å². The van der Waals surface area contributed by atoms with Crippen LogP contribution >= 0.6 is 11.6 Å². The van der Waals surface area contributed by atoms with Gasteiger partial charge in [-0.1, -0.05) is 23.7 Å². The van der Waals surface area contributed by atoms with Crippen molar-refractivity contribution in [1.82, 2.24) is 4.98 Å². The summed E-state index contributed by atoms with van der Waals surface area (Å²) in [5.41, 5.74) is 0.292. The topological polar surface area (TPSA) is 39.2 Å². The zero-order chi connectivity index (χ0) is 17.9. The lowest BCUT2D eigenvalue weighted by atomic mass is 10.1. The Morgan fingerprint density at radius 3 is 2.42 bits per heavy atom. The zero-order valence-corrected chi connectivity index (χ0v) is 13.8. The van der Waals surface area contributed by atoms with E-state index in [4.69, 9.17) is 16.3 Å². The van der Waals surface area contributed by atoms with Crippen molar-refractivity contribution in [3.05, 3.63) is 58.4 Å². The molecule has 1 heterocycles. The summed E-state index contributed by atoms with van der Waals surface area (Å²) >= 11 is 5.90. The van der Waals surface area contributed by atoms with Gasteiger partial charge >= 0.3 is 6.18 Å². The van der Waals surface area contributed by atoms with Gasteiger partial charge in [-0.3, -0.25) is 9.78 Å². The highest BCUT2D eigenvalue weighted by Gasteiger charge is 2.31. The third-order valence-electron chi connectivity index (χ3n) is 3.42. The van der Waals surface area contributed by atoms with Gasteiger partial charge in [-0.05, 0) is 37.6 Å². The maximum Gasteiger partial charge on any atom is 0.417 e. The number of hydrogen-bond acceptors (Lipinski definition) is 3. The van der Waals surface area contributed by atoms with Crippen LogP contribution in [0.25, 0.3) is 0 Å². The van der Waals surface area contributed by atoms with Gasteiger partial charge in [0.05, 0.1) is 16.3 Å². The van der Waals surface area contributed by atoms with Crippen LogP contribution in [0.1, 0.15) is 30.7 Å². The van der Waals surface area contributed by atoms with E-state index in [2.05, 4.69) is 4.98 Å². The fourth-order valence-electron chi connectivity index (χ4n) is 1.92. The highest BCUT2D eigenvalue weighted by molar-refractivity contribution is 6.31. The number of alkyl halides is 3. The molecule has 0 bridgehead atoms. The van der Waals surface area contributed by atoms with E-state index in [0.29, 0.717) is 17.9 Å². The summed E-state index contributed by atoms with van der Waals surface area (Å²) in [6.45, 7) is 3.10. The van der Waals surface area contributed by atoms with Crippen molar-refractivity contribution >= 4 is 17.4 Å². The number of aromatic nitrogens is 1. The fourth-order valence-corrected chi connectivity index (χ4v) is 2.15. The lowest BCUT2D eigenvalue weighted by molar-refractivity contribution is -0.137. The Bertz CT molecular complexity index is 730. The second kappa shape index (κ2) is 7.21. The van der Waals surface area contributed by atoms with Crippen LogP contribution in [0.5, 0.6) is 5.75 Å². The Balaban J connectivity index is 2.10. The highest BCUT2D eigenvalue weighted by Crippen LogP contribution is 2.31. The van der Waals surface area contributed by atoms with E-state index in [9.17, 15) is 18.0 Å². The Labute approximate surface area is 142 Å². The van der Waals surface area contributed by atoms with E-state index in [0.717, 1.165) is 17.8 Å². The van der Waals surface area contributed by atoms with Gasteiger partial charge in [0.15, 0.2) is 11.9 Å². The van der Waals surface area contributed by atoms with E-state index >= 15 is 0 Å². The summed E-state index contributed by atoms with van der Waals surface area (Å²) in [5.74, 6) is 0.452. The molecule has 1 aromatic heterocycles. The average Bonchev–Trinajstić information content (AvgIpc) is 2.50. The number of nitrogens with zero attached hydrogens (tertiary/aromatic N) is 1. The van der Waals surface area contributed by atoms with Crippen molar-refractivity contribution in [3.8, 4) is 5.75 Å². The standard InChI is InChI=1S/C17H15ClF3NO2/c1-10(23)11(2)24-14-5-3-12(4-6-14)7-16-15(18)8-13(9-22-16)17(19,20)21/h3-6,8-9,11H,7H2,1-2H3/t11-/m1/s1. The molecule has 24 heavy (non-hydrogen) atoms. The molecule has 1 atom stereocenters. The van der Waals surface area contributed by atoms with Crippen LogP contribution < -0.4 is 4.74 Å². The Morgan fingerprint density at radius 1 is 1.29 bits per heavy atom. The summed E-state index contributed by atoms with van der Waals surface area (Å²) in [6, 6.07) is 7.74. The van der Waals surface area contributed by atoms with Crippen LogP contribution in [-0.2, 0) is 17.4 Å². The predicted molar refractivity (Wildman–Crippen MR) is 84.3 cm³/mol. The average molecular weight is 358 g/mol. The number of Topliss-reactive ketones (excluding diaryl/α,β-unsaturated/α-hetero) is 1. The lowest BCUT2D eigenvalue weighted by Crippen LogP contribution is -2.20. The minimum absolute atomic E-state index is 0.0321. The zero-order valence-electron chi connectivity index (χ0n) is 13.0. The number of ether oxygens (including phenoxy) is 1. The number of ketones is 1. The number of carbonyl (C=O) groups is 1. The number of carbonyl (C=O) groups excluding carboxylic acids is 1. The molecule has 0 radical (unpaired) electrons. The fraction of sp³-hybridized carbons (Fsp3) is 0.294. The molecular formula is C17H15ClF3NO2. The molecule has 0 saturated heterocycles. The van der Waals surface area contributed by atoms with Crippen molar-refractivity contribution in [3.63, 3.8) is 0 Å². The monoisotopic (exact) mass is 357 g/mol. The van der Waals surface area contributed by atoms with Crippen LogP contribution in [0.3, 0.4) is 0 Å². The quantitative estimate of drug-likeness (QED) is 0.778. The van der Waals surface area contributed by atoms with Gasteiger partial charge in [0.2, 0.25) is 0 Å². The molecule has 0 fully saturated rings. The van der Waals surface area contributed by atoms with E-state index in [1.807, 2.05) is 0 Å². The van der Waals surface area contributed by atoms with Crippen LogP contribution in [0, 0.1) is 0 Å². The molecule has 128 valence electrons. The molecule has 0 spiro atoms. The van der Waals surface area contributed by atoms with Crippen molar-refractivity contribution in [1.29, 1.82) is 0 Å². The molecule has 0 aliphatic heterocycles. The van der Waals surface area contributed by atoms with Gasteiger partial charge in [0, 0.05) is 12.6 Å². The molecule has 0 amide bonds. The van der Waals surface area contributed by atoms with Gasteiger partial charge in [-0.25, -0.2) is 0 Å². The van der Waals surface area contributed by atoms with Gasteiger partial charge in [0.25, 0.3) is 0 Å². The molecule has 2 rings (SSSR count). The molecule has 3 nitrogen and oxygen atoms in total. The SMILES string of the molecule is CC(=O)[C@@H](C)Oc1ccc(Cc2ncc(C(F)(F)F)cc2Cl)cc1. The molecule has 0 saturated carbocycles. The van der Waals surface area contributed by atoms with Crippen LogP contribution in [0.2, 0.25) is 5.02 Å².